The number of nitrogens with zero attached hydrogens (tertiary/aromatic N) is 1. The van der Waals surface area contributed by atoms with Crippen LogP contribution in [0.2, 0.25) is 0 Å². The van der Waals surface area contributed by atoms with Crippen LogP contribution < -0.4 is 5.73 Å². The molecule has 0 aromatic heterocycles. The molecule has 0 aliphatic heterocycles. The van der Waals surface area contributed by atoms with Crippen molar-refractivity contribution in [3.8, 4) is 0 Å². The number of nitrogens with two attached hydrogens (primary N) is 1. The Kier molecular flexibility index (Phi) is 4.14. The zero-order valence-electron chi connectivity index (χ0n) is 7.83. The van der Waals surface area contributed by atoms with Crippen molar-refractivity contribution in [3.05, 3.63) is 45.9 Å². The molecule has 80 valence electrons. The highest BCUT2D eigenvalue weighted by Crippen LogP contribution is 2.14. The highest BCUT2D eigenvalue weighted by atomic mass is 32.2. The number of rotatable bonds is 4. The second-order valence-corrected chi connectivity index (χ2v) is 3.99. The maximum Gasteiger partial charge on any atom is 0.269 e. The summed E-state index contributed by atoms with van der Waals surface area (Å²) in [5.74, 6) is 0. The van der Waals surface area contributed by atoms with Gasteiger partial charge in [-0.2, -0.15) is 0 Å². The predicted octanol–water partition coefficient (Wildman–Crippen LogP) is 1.17. The number of nitro benzene ring substituents is 1. The maximum atomic E-state index is 11.5. The van der Waals surface area contributed by atoms with Crippen LogP contribution in [0.15, 0.2) is 40.6 Å². The van der Waals surface area contributed by atoms with Gasteiger partial charge in [0.05, 0.1) is 15.7 Å². The molecule has 5 nitrogen and oxygen atoms in total. The summed E-state index contributed by atoms with van der Waals surface area (Å²) in [6, 6.07) is 5.58. The van der Waals surface area contributed by atoms with Gasteiger partial charge in [0.1, 0.15) is 0 Å². The lowest BCUT2D eigenvalue weighted by Crippen LogP contribution is -1.94. The summed E-state index contributed by atoms with van der Waals surface area (Å²) in [5.41, 5.74) is 5.19. The fourth-order valence-electron chi connectivity index (χ4n) is 0.923. The zero-order valence-corrected chi connectivity index (χ0v) is 8.65. The molecule has 0 saturated carbocycles. The fraction of sp³-hybridized carbons (Fsp3) is 0.111. The molecule has 1 atom stereocenters. The van der Waals surface area contributed by atoms with Gasteiger partial charge in [-0.1, -0.05) is 6.08 Å². The Morgan fingerprint density at radius 1 is 1.40 bits per heavy atom. The van der Waals surface area contributed by atoms with E-state index in [1.54, 1.807) is 6.08 Å². The molecule has 1 aromatic rings. The molecule has 6 heteroatoms. The summed E-state index contributed by atoms with van der Waals surface area (Å²) in [5, 5.41) is 11.8. The van der Waals surface area contributed by atoms with Gasteiger partial charge in [-0.15, -0.1) is 0 Å². The van der Waals surface area contributed by atoms with E-state index in [2.05, 4.69) is 0 Å². The van der Waals surface area contributed by atoms with Gasteiger partial charge in [-0.05, 0) is 12.1 Å². The summed E-state index contributed by atoms with van der Waals surface area (Å²) < 4.78 is 11.5. The third-order valence-electron chi connectivity index (χ3n) is 1.64. The summed E-state index contributed by atoms with van der Waals surface area (Å²) in [7, 11) is -1.29. The molecule has 0 bridgehead atoms. The Morgan fingerprint density at radius 3 is 2.47 bits per heavy atom. The van der Waals surface area contributed by atoms with E-state index in [1.165, 1.54) is 29.7 Å². The van der Waals surface area contributed by atoms with Gasteiger partial charge in [0.2, 0.25) is 0 Å². The molecule has 15 heavy (non-hydrogen) atoms. The standard InChI is InChI=1S/C9H10N2O3S/c10-6-1-7-15(14)9-4-2-8(3-5-9)11(12)13/h1-5,7H,6,10H2. The Bertz CT molecular complexity index is 400. The van der Waals surface area contributed by atoms with Crippen LogP contribution in [0.3, 0.4) is 0 Å². The van der Waals surface area contributed by atoms with E-state index in [0.717, 1.165) is 0 Å². The molecule has 0 radical (unpaired) electrons. The highest BCUT2D eigenvalue weighted by molar-refractivity contribution is 7.88. The molecule has 2 N–H and O–H groups in total. The normalized spacial score (nSPS) is 12.9. The molecule has 0 aliphatic carbocycles. The molecule has 0 aliphatic rings. The van der Waals surface area contributed by atoms with Gasteiger partial charge < -0.3 is 5.73 Å². The van der Waals surface area contributed by atoms with Crippen LogP contribution in [0, 0.1) is 10.1 Å². The summed E-state index contributed by atoms with van der Waals surface area (Å²) >= 11 is 0. The van der Waals surface area contributed by atoms with Crippen LogP contribution in [0.1, 0.15) is 0 Å². The van der Waals surface area contributed by atoms with E-state index in [-0.39, 0.29) is 5.69 Å². The first-order chi connectivity index (χ1) is 7.15. The van der Waals surface area contributed by atoms with E-state index in [1.807, 2.05) is 0 Å². The van der Waals surface area contributed by atoms with Crippen LogP contribution in [0.4, 0.5) is 5.69 Å². The number of benzene rings is 1. The van der Waals surface area contributed by atoms with Gasteiger partial charge in [-0.25, -0.2) is 4.21 Å². The summed E-state index contributed by atoms with van der Waals surface area (Å²) in [6.45, 7) is 0.318. The largest absolute Gasteiger partial charge is 0.327 e. The minimum absolute atomic E-state index is 0.0152. The average molecular weight is 226 g/mol. The smallest absolute Gasteiger partial charge is 0.269 e. The quantitative estimate of drug-likeness (QED) is 0.616. The van der Waals surface area contributed by atoms with E-state index in [0.29, 0.717) is 11.4 Å². The van der Waals surface area contributed by atoms with Crippen molar-refractivity contribution in [2.24, 2.45) is 5.73 Å². The molecular formula is C9H10N2O3S. The van der Waals surface area contributed by atoms with Crippen LogP contribution in [0.5, 0.6) is 0 Å². The number of hydrogen-bond donors (Lipinski definition) is 1. The minimum atomic E-state index is -1.29. The van der Waals surface area contributed by atoms with Gasteiger partial charge >= 0.3 is 0 Å². The SMILES string of the molecule is NCC=CS(=O)c1ccc([N+](=O)[O-])cc1. The van der Waals surface area contributed by atoms with Crippen LogP contribution in [0.25, 0.3) is 0 Å². The van der Waals surface area contributed by atoms with Crippen LogP contribution >= 0.6 is 0 Å². The number of nitro groups is 1. The zero-order chi connectivity index (χ0) is 11.3. The Hall–Kier alpha value is -1.53. The molecule has 0 saturated heterocycles. The molecule has 1 rings (SSSR count). The van der Waals surface area contributed by atoms with Crippen molar-refractivity contribution >= 4 is 16.5 Å². The molecule has 0 heterocycles. The molecule has 0 fully saturated rings. The van der Waals surface area contributed by atoms with Gasteiger partial charge in [0.25, 0.3) is 5.69 Å². The minimum Gasteiger partial charge on any atom is -0.327 e. The van der Waals surface area contributed by atoms with E-state index in [9.17, 15) is 14.3 Å². The summed E-state index contributed by atoms with van der Waals surface area (Å²) in [4.78, 5) is 10.4. The van der Waals surface area contributed by atoms with Gasteiger partial charge in [0, 0.05) is 29.0 Å². The third kappa shape index (κ3) is 3.26. The molecule has 0 amide bonds. The van der Waals surface area contributed by atoms with Crippen molar-refractivity contribution < 1.29 is 9.13 Å². The second-order valence-electron chi connectivity index (χ2n) is 2.66. The van der Waals surface area contributed by atoms with Crippen LogP contribution in [-0.4, -0.2) is 15.7 Å². The highest BCUT2D eigenvalue weighted by Gasteiger charge is 2.05. The van der Waals surface area contributed by atoms with Gasteiger partial charge in [-0.3, -0.25) is 10.1 Å². The monoisotopic (exact) mass is 226 g/mol. The Balaban J connectivity index is 2.84. The second kappa shape index (κ2) is 5.38. The van der Waals surface area contributed by atoms with Crippen molar-refractivity contribution in [2.45, 2.75) is 4.90 Å². The van der Waals surface area contributed by atoms with Crippen molar-refractivity contribution in [2.75, 3.05) is 6.54 Å². The van der Waals surface area contributed by atoms with E-state index >= 15 is 0 Å². The maximum absolute atomic E-state index is 11.5. The van der Waals surface area contributed by atoms with Crippen LogP contribution in [-0.2, 0) is 10.8 Å². The Morgan fingerprint density at radius 2 is 2.00 bits per heavy atom. The summed E-state index contributed by atoms with van der Waals surface area (Å²) in [6.07, 6.45) is 1.58. The van der Waals surface area contributed by atoms with E-state index in [4.69, 9.17) is 5.73 Å². The lowest BCUT2D eigenvalue weighted by molar-refractivity contribution is -0.384. The topological polar surface area (TPSA) is 86.2 Å². The van der Waals surface area contributed by atoms with E-state index < -0.39 is 15.7 Å². The molecule has 0 spiro atoms. The molecular weight excluding hydrogens is 216 g/mol. The molecule has 1 unspecified atom stereocenters. The van der Waals surface area contributed by atoms with Crippen molar-refractivity contribution in [1.29, 1.82) is 0 Å². The Labute approximate surface area is 89.2 Å². The lowest BCUT2D eigenvalue weighted by Gasteiger charge is -1.95. The van der Waals surface area contributed by atoms with Gasteiger partial charge in [0.15, 0.2) is 0 Å². The predicted molar refractivity (Wildman–Crippen MR) is 57.7 cm³/mol. The lowest BCUT2D eigenvalue weighted by atomic mass is 10.3. The fourth-order valence-corrected chi connectivity index (χ4v) is 1.77. The first kappa shape index (κ1) is 11.5. The number of non-ortho nitro benzene ring substituents is 1. The number of hydrogen-bond acceptors (Lipinski definition) is 4. The third-order valence-corrected chi connectivity index (χ3v) is 2.81. The molecule has 1 aromatic carbocycles. The average Bonchev–Trinajstić information content (AvgIpc) is 2.26. The first-order valence-corrected chi connectivity index (χ1v) is 5.38. The first-order valence-electron chi connectivity index (χ1n) is 4.17. The van der Waals surface area contributed by atoms with Crippen molar-refractivity contribution in [1.82, 2.24) is 0 Å². The van der Waals surface area contributed by atoms with Crippen molar-refractivity contribution in [3.63, 3.8) is 0 Å².